The van der Waals surface area contributed by atoms with Crippen LogP contribution in [0.15, 0.2) is 84.9 Å². The lowest BCUT2D eigenvalue weighted by Crippen LogP contribution is -2.53. The van der Waals surface area contributed by atoms with Gasteiger partial charge in [0.05, 0.1) is 6.04 Å². The SMILES string of the molecule is O=C(C1Cc2ccccc2O1)N1CCN(C(c2ccccc2)c2ccccc2)CC1. The topological polar surface area (TPSA) is 32.8 Å². The van der Waals surface area contributed by atoms with Crippen LogP contribution in [0.3, 0.4) is 0 Å². The van der Waals surface area contributed by atoms with Gasteiger partial charge in [0.2, 0.25) is 0 Å². The third kappa shape index (κ3) is 3.71. The van der Waals surface area contributed by atoms with Gasteiger partial charge in [-0.15, -0.1) is 0 Å². The van der Waals surface area contributed by atoms with Gasteiger partial charge in [0.15, 0.2) is 6.10 Å². The highest BCUT2D eigenvalue weighted by Crippen LogP contribution is 2.31. The molecule has 30 heavy (non-hydrogen) atoms. The highest BCUT2D eigenvalue weighted by atomic mass is 16.5. The molecule has 0 saturated carbocycles. The first-order valence-corrected chi connectivity index (χ1v) is 10.7. The van der Waals surface area contributed by atoms with Gasteiger partial charge in [0.25, 0.3) is 5.91 Å². The number of hydrogen-bond acceptors (Lipinski definition) is 3. The Labute approximate surface area is 177 Å². The summed E-state index contributed by atoms with van der Waals surface area (Å²) >= 11 is 0. The Hall–Kier alpha value is -3.11. The van der Waals surface area contributed by atoms with Crippen molar-refractivity contribution in [3.8, 4) is 5.75 Å². The summed E-state index contributed by atoms with van der Waals surface area (Å²) < 4.78 is 5.93. The number of carbonyl (C=O) groups excluding carboxylic acids is 1. The normalized spacial score (nSPS) is 18.8. The fourth-order valence-corrected chi connectivity index (χ4v) is 4.61. The van der Waals surface area contributed by atoms with Gasteiger partial charge in [-0.2, -0.15) is 0 Å². The molecule has 3 aromatic rings. The zero-order valence-corrected chi connectivity index (χ0v) is 17.0. The van der Waals surface area contributed by atoms with Crippen LogP contribution in [-0.4, -0.2) is 48.0 Å². The van der Waals surface area contributed by atoms with E-state index in [9.17, 15) is 4.79 Å². The first kappa shape index (κ1) is 18.9. The number of hydrogen-bond donors (Lipinski definition) is 0. The van der Waals surface area contributed by atoms with E-state index >= 15 is 0 Å². The number of carbonyl (C=O) groups is 1. The van der Waals surface area contributed by atoms with Gasteiger partial charge in [-0.25, -0.2) is 0 Å². The van der Waals surface area contributed by atoms with E-state index < -0.39 is 0 Å². The molecule has 0 N–H and O–H groups in total. The first-order chi connectivity index (χ1) is 14.8. The standard InChI is InChI=1S/C26H26N2O2/c29-26(24-19-22-13-7-8-14-23(22)30-24)28-17-15-27(16-18-28)25(20-9-3-1-4-10-20)21-11-5-2-6-12-21/h1-14,24-25H,15-19H2. The molecule has 2 heterocycles. The van der Waals surface area contributed by atoms with E-state index in [0.717, 1.165) is 37.5 Å². The van der Waals surface area contributed by atoms with Crippen LogP contribution in [0.2, 0.25) is 0 Å². The van der Waals surface area contributed by atoms with Crippen molar-refractivity contribution >= 4 is 5.91 Å². The summed E-state index contributed by atoms with van der Waals surface area (Å²) in [6.45, 7) is 3.15. The van der Waals surface area contributed by atoms with E-state index in [1.54, 1.807) is 0 Å². The quantitative estimate of drug-likeness (QED) is 0.668. The number of piperazine rings is 1. The zero-order chi connectivity index (χ0) is 20.3. The van der Waals surface area contributed by atoms with Crippen LogP contribution in [-0.2, 0) is 11.2 Å². The summed E-state index contributed by atoms with van der Waals surface area (Å²) in [7, 11) is 0. The molecule has 1 atom stereocenters. The largest absolute Gasteiger partial charge is 0.480 e. The molecule has 0 aromatic heterocycles. The lowest BCUT2D eigenvalue weighted by Gasteiger charge is -2.40. The van der Waals surface area contributed by atoms with Gasteiger partial charge in [-0.05, 0) is 22.8 Å². The van der Waals surface area contributed by atoms with Crippen molar-refractivity contribution < 1.29 is 9.53 Å². The van der Waals surface area contributed by atoms with Crippen LogP contribution in [0.5, 0.6) is 5.75 Å². The Morgan fingerprint density at radius 1 is 0.767 bits per heavy atom. The second kappa shape index (κ2) is 8.33. The molecule has 1 saturated heterocycles. The highest BCUT2D eigenvalue weighted by molar-refractivity contribution is 5.82. The molecule has 0 radical (unpaired) electrons. The maximum atomic E-state index is 13.1. The van der Waals surface area contributed by atoms with E-state index in [0.29, 0.717) is 6.42 Å². The maximum Gasteiger partial charge on any atom is 0.264 e. The smallest absolute Gasteiger partial charge is 0.264 e. The average molecular weight is 399 g/mol. The molecule has 1 unspecified atom stereocenters. The van der Waals surface area contributed by atoms with Crippen LogP contribution in [0.4, 0.5) is 0 Å². The van der Waals surface area contributed by atoms with E-state index in [1.807, 2.05) is 29.2 Å². The molecule has 0 aliphatic carbocycles. The predicted molar refractivity (Wildman–Crippen MR) is 117 cm³/mol. The van der Waals surface area contributed by atoms with Gasteiger partial charge in [0, 0.05) is 32.6 Å². The molecule has 1 amide bonds. The summed E-state index contributed by atoms with van der Waals surface area (Å²) in [4.78, 5) is 17.5. The molecule has 2 aliphatic rings. The molecule has 2 aliphatic heterocycles. The summed E-state index contributed by atoms with van der Waals surface area (Å²) in [5, 5.41) is 0. The Bertz CT molecular complexity index is 933. The molecule has 3 aromatic carbocycles. The predicted octanol–water partition coefficient (Wildman–Crippen LogP) is 3.92. The van der Waals surface area contributed by atoms with Gasteiger partial charge in [0.1, 0.15) is 5.75 Å². The second-order valence-corrected chi connectivity index (χ2v) is 8.00. The minimum atomic E-state index is -0.381. The van der Waals surface area contributed by atoms with Gasteiger partial charge in [-0.1, -0.05) is 78.9 Å². The Balaban J connectivity index is 1.28. The van der Waals surface area contributed by atoms with Crippen LogP contribution in [0.1, 0.15) is 22.7 Å². The van der Waals surface area contributed by atoms with E-state index in [1.165, 1.54) is 11.1 Å². The number of rotatable bonds is 4. The van der Waals surface area contributed by atoms with Gasteiger partial charge >= 0.3 is 0 Å². The number of amides is 1. The van der Waals surface area contributed by atoms with Crippen molar-refractivity contribution in [2.75, 3.05) is 26.2 Å². The molecule has 4 heteroatoms. The van der Waals surface area contributed by atoms with E-state index in [2.05, 4.69) is 65.6 Å². The molecular formula is C26H26N2O2. The second-order valence-electron chi connectivity index (χ2n) is 8.00. The van der Waals surface area contributed by atoms with Crippen molar-refractivity contribution in [2.24, 2.45) is 0 Å². The van der Waals surface area contributed by atoms with Crippen LogP contribution >= 0.6 is 0 Å². The third-order valence-electron chi connectivity index (χ3n) is 6.14. The number of nitrogens with zero attached hydrogens (tertiary/aromatic N) is 2. The first-order valence-electron chi connectivity index (χ1n) is 10.7. The number of fused-ring (bicyclic) bond motifs is 1. The molecule has 5 rings (SSSR count). The summed E-state index contributed by atoms with van der Waals surface area (Å²) in [5.41, 5.74) is 3.71. The van der Waals surface area contributed by atoms with Crippen molar-refractivity contribution in [3.63, 3.8) is 0 Å². The number of ether oxygens (including phenoxy) is 1. The van der Waals surface area contributed by atoms with Gasteiger partial charge < -0.3 is 9.64 Å². The lowest BCUT2D eigenvalue weighted by atomic mass is 9.96. The third-order valence-corrected chi connectivity index (χ3v) is 6.14. The van der Waals surface area contributed by atoms with E-state index in [-0.39, 0.29) is 18.1 Å². The summed E-state index contributed by atoms with van der Waals surface area (Å²) in [6.07, 6.45) is 0.291. The molecule has 1 fully saturated rings. The Morgan fingerprint density at radius 3 is 1.93 bits per heavy atom. The van der Waals surface area contributed by atoms with Crippen molar-refractivity contribution in [3.05, 3.63) is 102 Å². The molecule has 0 spiro atoms. The maximum absolute atomic E-state index is 13.1. The van der Waals surface area contributed by atoms with E-state index in [4.69, 9.17) is 4.74 Å². The fraction of sp³-hybridized carbons (Fsp3) is 0.269. The summed E-state index contributed by atoms with van der Waals surface area (Å²) in [6, 6.07) is 29.4. The average Bonchev–Trinajstić information content (AvgIpc) is 3.25. The van der Waals surface area contributed by atoms with Crippen molar-refractivity contribution in [1.82, 2.24) is 9.80 Å². The highest BCUT2D eigenvalue weighted by Gasteiger charge is 2.35. The van der Waals surface area contributed by atoms with Crippen LogP contribution < -0.4 is 4.74 Å². The lowest BCUT2D eigenvalue weighted by molar-refractivity contribution is -0.139. The van der Waals surface area contributed by atoms with Crippen LogP contribution in [0, 0.1) is 0 Å². The minimum absolute atomic E-state index is 0.113. The molecule has 0 bridgehead atoms. The van der Waals surface area contributed by atoms with Crippen LogP contribution in [0.25, 0.3) is 0 Å². The van der Waals surface area contributed by atoms with Crippen molar-refractivity contribution in [1.29, 1.82) is 0 Å². The Kier molecular flexibility index (Phi) is 5.24. The monoisotopic (exact) mass is 398 g/mol. The zero-order valence-electron chi connectivity index (χ0n) is 17.0. The minimum Gasteiger partial charge on any atom is -0.480 e. The summed E-state index contributed by atoms with van der Waals surface area (Å²) in [5.74, 6) is 0.963. The van der Waals surface area contributed by atoms with Crippen molar-refractivity contribution in [2.45, 2.75) is 18.6 Å². The molecular weight excluding hydrogens is 372 g/mol. The van der Waals surface area contributed by atoms with Gasteiger partial charge in [-0.3, -0.25) is 9.69 Å². The molecule has 152 valence electrons. The number of para-hydroxylation sites is 1. The molecule has 4 nitrogen and oxygen atoms in total. The Morgan fingerprint density at radius 2 is 1.33 bits per heavy atom. The number of benzene rings is 3. The fourth-order valence-electron chi connectivity index (χ4n) is 4.61.